The highest BCUT2D eigenvalue weighted by molar-refractivity contribution is 6.99. The van der Waals surface area contributed by atoms with Gasteiger partial charge in [-0.05, 0) is 65.6 Å². The van der Waals surface area contributed by atoms with E-state index in [1.807, 2.05) is 56.0 Å². The summed E-state index contributed by atoms with van der Waals surface area (Å²) in [6.45, 7) is 15.2. The molecule has 0 aromatic heterocycles. The summed E-state index contributed by atoms with van der Waals surface area (Å²) in [5.41, 5.74) is 1.02. The third-order valence-corrected chi connectivity index (χ3v) is 15.6. The van der Waals surface area contributed by atoms with E-state index < -0.39 is 28.7 Å². The second kappa shape index (κ2) is 19.3. The molecule has 1 heterocycles. The van der Waals surface area contributed by atoms with Crippen LogP contribution in [0.3, 0.4) is 0 Å². The number of ether oxygens (including phenoxy) is 4. The predicted octanol–water partition coefficient (Wildman–Crippen LogP) is 7.50. The lowest BCUT2D eigenvalue weighted by molar-refractivity contribution is -0.164. The molecule has 290 valence electrons. The number of rotatable bonds is 19. The van der Waals surface area contributed by atoms with E-state index in [9.17, 15) is 14.7 Å². The van der Waals surface area contributed by atoms with Crippen molar-refractivity contribution in [2.45, 2.75) is 128 Å². The van der Waals surface area contributed by atoms with Crippen LogP contribution >= 0.6 is 0 Å². The van der Waals surface area contributed by atoms with Crippen molar-refractivity contribution in [2.75, 3.05) is 13.7 Å². The zero-order chi connectivity index (χ0) is 38.6. The first-order chi connectivity index (χ1) is 25.1. The molecule has 3 aromatic rings. The Morgan fingerprint density at radius 3 is 1.87 bits per heavy atom. The number of hydrogen-bond donors (Lipinski definition) is 1. The molecule has 3 aromatic carbocycles. The molecule has 0 bridgehead atoms. The maximum absolute atomic E-state index is 12.2. The van der Waals surface area contributed by atoms with Crippen LogP contribution in [0.2, 0.25) is 24.7 Å². The fourth-order valence-corrected chi connectivity index (χ4v) is 13.2. The lowest BCUT2D eigenvalue weighted by Crippen LogP contribution is -2.66. The van der Waals surface area contributed by atoms with Crippen LogP contribution in [0.5, 0.6) is 5.75 Å². The highest BCUT2D eigenvalue weighted by Crippen LogP contribution is 2.37. The molecular formula is C42H60O9Si2. The summed E-state index contributed by atoms with van der Waals surface area (Å²) in [5, 5.41) is 11.9. The Labute approximate surface area is 318 Å². The number of hydrogen-bond acceptors (Lipinski definition) is 8. The maximum atomic E-state index is 12.2. The number of methoxy groups -OCH3 is 1. The number of carboxylic acids is 1. The first-order valence-corrected chi connectivity index (χ1v) is 24.1. The standard InChI is InChI=1S/C42H60O9Si2/c1-31(43)49-35-26-36(50-37(27-35)28-38(29-41(44)45)51-52(6,7)8)25-34(47-30-32-19-21-33(46-5)22-20-32)23-24-48-53(42(2,3)4,39-15-11-9-12-16-39)40-17-13-10-14-18-40/h9-22,34-38H,23-30H2,1-8H3,(H,44,45)/t34?,35-,36+,37+,38?/m0/s1. The molecular weight excluding hydrogens is 705 g/mol. The van der Waals surface area contributed by atoms with Crippen molar-refractivity contribution in [3.63, 3.8) is 0 Å². The first-order valence-electron chi connectivity index (χ1n) is 18.8. The van der Waals surface area contributed by atoms with Crippen LogP contribution in [-0.4, -0.2) is 77.9 Å². The van der Waals surface area contributed by atoms with E-state index in [2.05, 4.69) is 69.3 Å². The van der Waals surface area contributed by atoms with Crippen molar-refractivity contribution in [2.24, 2.45) is 0 Å². The van der Waals surface area contributed by atoms with Gasteiger partial charge in [-0.1, -0.05) is 93.6 Å². The Kier molecular flexibility index (Phi) is 15.5. The Hall–Kier alpha value is -3.33. The van der Waals surface area contributed by atoms with Gasteiger partial charge >= 0.3 is 11.9 Å². The zero-order valence-electron chi connectivity index (χ0n) is 32.8. The first kappa shape index (κ1) is 42.4. The molecule has 2 unspecified atom stereocenters. The predicted molar refractivity (Wildman–Crippen MR) is 213 cm³/mol. The van der Waals surface area contributed by atoms with Gasteiger partial charge < -0.3 is 32.9 Å². The number of esters is 1. The largest absolute Gasteiger partial charge is 0.497 e. The molecule has 1 N–H and O–H groups in total. The molecule has 0 saturated carbocycles. The quantitative estimate of drug-likeness (QED) is 0.0981. The van der Waals surface area contributed by atoms with Crippen molar-refractivity contribution in [3.8, 4) is 5.75 Å². The summed E-state index contributed by atoms with van der Waals surface area (Å²) in [6, 6.07) is 29.0. The average Bonchev–Trinajstić information content (AvgIpc) is 3.08. The Morgan fingerprint density at radius 2 is 1.40 bits per heavy atom. The third kappa shape index (κ3) is 12.9. The van der Waals surface area contributed by atoms with E-state index >= 15 is 0 Å². The van der Waals surface area contributed by atoms with Gasteiger partial charge in [-0.2, -0.15) is 0 Å². The van der Waals surface area contributed by atoms with Crippen LogP contribution in [0, 0.1) is 0 Å². The molecule has 5 atom stereocenters. The molecule has 0 radical (unpaired) electrons. The van der Waals surface area contributed by atoms with Crippen LogP contribution in [0.25, 0.3) is 0 Å². The molecule has 1 fully saturated rings. The lowest BCUT2D eigenvalue weighted by atomic mass is 9.93. The second-order valence-electron chi connectivity index (χ2n) is 16.1. The molecule has 1 saturated heterocycles. The van der Waals surface area contributed by atoms with Gasteiger partial charge in [0.1, 0.15) is 11.9 Å². The normalized spacial score (nSPS) is 19.3. The minimum Gasteiger partial charge on any atom is -0.497 e. The summed E-state index contributed by atoms with van der Waals surface area (Å²) in [7, 11) is -3.17. The Morgan fingerprint density at radius 1 is 0.849 bits per heavy atom. The zero-order valence-corrected chi connectivity index (χ0v) is 34.8. The van der Waals surface area contributed by atoms with Crippen LogP contribution < -0.4 is 15.1 Å². The highest BCUT2D eigenvalue weighted by Gasteiger charge is 2.50. The van der Waals surface area contributed by atoms with Crippen molar-refractivity contribution >= 4 is 38.9 Å². The molecule has 0 amide bonds. The third-order valence-electron chi connectivity index (χ3n) is 9.56. The van der Waals surface area contributed by atoms with E-state index in [1.165, 1.54) is 17.3 Å². The van der Waals surface area contributed by atoms with E-state index in [0.717, 1.165) is 11.3 Å². The fourth-order valence-electron chi connectivity index (χ4n) is 7.46. The van der Waals surface area contributed by atoms with Crippen LogP contribution in [0.15, 0.2) is 84.9 Å². The van der Waals surface area contributed by atoms with Crippen molar-refractivity contribution < 1.29 is 42.5 Å². The SMILES string of the molecule is COc1ccc(COC(CCO[Si](c2ccccc2)(c2ccccc2)C(C)(C)C)C[C@@H]2C[C@H](OC(C)=O)C[C@H](CC(CC(=O)O)O[Si](C)(C)C)O2)cc1. The lowest BCUT2D eigenvalue weighted by Gasteiger charge is -2.43. The molecule has 9 nitrogen and oxygen atoms in total. The second-order valence-corrected chi connectivity index (χ2v) is 24.9. The van der Waals surface area contributed by atoms with Gasteiger partial charge in [-0.15, -0.1) is 0 Å². The minimum absolute atomic E-state index is 0.111. The summed E-state index contributed by atoms with van der Waals surface area (Å²) in [6.07, 6.45) is 0.730. The summed E-state index contributed by atoms with van der Waals surface area (Å²) in [5.74, 6) is -0.479. The molecule has 53 heavy (non-hydrogen) atoms. The monoisotopic (exact) mass is 764 g/mol. The van der Waals surface area contributed by atoms with Crippen LogP contribution in [-0.2, 0) is 39.3 Å². The molecule has 0 aliphatic carbocycles. The van der Waals surface area contributed by atoms with Crippen molar-refractivity contribution in [3.05, 3.63) is 90.5 Å². The number of benzene rings is 3. The Balaban J connectivity index is 1.59. The number of carbonyl (C=O) groups is 2. The number of carbonyl (C=O) groups excluding carboxylic acids is 1. The Bertz CT molecular complexity index is 1520. The van der Waals surface area contributed by atoms with Crippen molar-refractivity contribution in [1.29, 1.82) is 0 Å². The van der Waals surface area contributed by atoms with Gasteiger partial charge in [0, 0.05) is 32.8 Å². The highest BCUT2D eigenvalue weighted by atomic mass is 28.4. The summed E-state index contributed by atoms with van der Waals surface area (Å²) < 4.78 is 38.1. The summed E-state index contributed by atoms with van der Waals surface area (Å²) in [4.78, 5) is 23.9. The molecule has 4 rings (SSSR count). The molecule has 0 spiro atoms. The van der Waals surface area contributed by atoms with Gasteiger partial charge in [-0.3, -0.25) is 9.59 Å². The molecule has 11 heteroatoms. The fraction of sp³-hybridized carbons (Fsp3) is 0.524. The van der Waals surface area contributed by atoms with Gasteiger partial charge in [0.25, 0.3) is 8.32 Å². The van der Waals surface area contributed by atoms with Gasteiger partial charge in [-0.25, -0.2) is 0 Å². The van der Waals surface area contributed by atoms with Crippen LogP contribution in [0.1, 0.15) is 71.8 Å². The number of aliphatic carboxylic acids is 1. The smallest absolute Gasteiger partial charge is 0.305 e. The van der Waals surface area contributed by atoms with Crippen LogP contribution in [0.4, 0.5) is 0 Å². The van der Waals surface area contributed by atoms with E-state index in [0.29, 0.717) is 45.3 Å². The maximum Gasteiger partial charge on any atom is 0.305 e. The van der Waals surface area contributed by atoms with Gasteiger partial charge in [0.15, 0.2) is 8.32 Å². The van der Waals surface area contributed by atoms with E-state index in [4.69, 9.17) is 27.8 Å². The topological polar surface area (TPSA) is 110 Å². The van der Waals surface area contributed by atoms with E-state index in [-0.39, 0.29) is 41.8 Å². The minimum atomic E-state index is -2.77. The molecule has 1 aliphatic heterocycles. The van der Waals surface area contributed by atoms with E-state index in [1.54, 1.807) is 7.11 Å². The van der Waals surface area contributed by atoms with Crippen molar-refractivity contribution in [1.82, 2.24) is 0 Å². The van der Waals surface area contributed by atoms with Gasteiger partial charge in [0.2, 0.25) is 0 Å². The average molecular weight is 765 g/mol. The molecule has 1 aliphatic rings. The van der Waals surface area contributed by atoms with Gasteiger partial charge in [0.05, 0.1) is 44.6 Å². The summed E-state index contributed by atoms with van der Waals surface area (Å²) >= 11 is 0. The number of carboxylic acid groups (broad SMARTS) is 1.